The topological polar surface area (TPSA) is 136 Å². The Kier molecular flexibility index (Phi) is 10.6. The Hall–Kier alpha value is -4.23. The minimum Gasteiger partial charge on any atom is -0.619 e. The van der Waals surface area contributed by atoms with Gasteiger partial charge in [-0.15, -0.1) is 11.3 Å². The van der Waals surface area contributed by atoms with Crippen LogP contribution in [-0.2, 0) is 17.7 Å². The van der Waals surface area contributed by atoms with Crippen molar-refractivity contribution in [2.45, 2.75) is 44.8 Å². The molecule has 2 N–H and O–H groups in total. The lowest BCUT2D eigenvalue weighted by Gasteiger charge is -2.44. The van der Waals surface area contributed by atoms with Crippen LogP contribution in [-0.4, -0.2) is 67.1 Å². The summed E-state index contributed by atoms with van der Waals surface area (Å²) < 4.78 is 17.7. The number of rotatable bonds is 11. The first kappa shape index (κ1) is 35.6. The summed E-state index contributed by atoms with van der Waals surface area (Å²) in [5.41, 5.74) is 2.54. The number of pyridine rings is 1. The van der Waals surface area contributed by atoms with Gasteiger partial charge in [-0.25, -0.2) is 9.59 Å². The quantitative estimate of drug-likeness (QED) is 0.123. The lowest BCUT2D eigenvalue weighted by atomic mass is 9.85. The van der Waals surface area contributed by atoms with Crippen LogP contribution in [0, 0.1) is 18.0 Å². The minimum absolute atomic E-state index is 0.0170. The number of nitrogens with zero attached hydrogens (tertiary/aromatic N) is 3. The van der Waals surface area contributed by atoms with Crippen molar-refractivity contribution in [3.8, 4) is 17.2 Å². The third kappa shape index (κ3) is 7.29. The summed E-state index contributed by atoms with van der Waals surface area (Å²) in [6.45, 7) is 4.34. The predicted molar refractivity (Wildman–Crippen MR) is 190 cm³/mol. The summed E-state index contributed by atoms with van der Waals surface area (Å²) in [5.74, 6) is -0.562. The molecule has 11 nitrogen and oxygen atoms in total. The number of carbonyl (C=O) groups is 2. The number of benzene rings is 2. The fourth-order valence-electron chi connectivity index (χ4n) is 6.91. The molecule has 2 bridgehead atoms. The molecule has 4 aromatic rings. The van der Waals surface area contributed by atoms with Gasteiger partial charge in [0, 0.05) is 28.5 Å². The highest BCUT2D eigenvalue weighted by Crippen LogP contribution is 2.42. The van der Waals surface area contributed by atoms with Crippen LogP contribution in [0.3, 0.4) is 0 Å². The van der Waals surface area contributed by atoms with Gasteiger partial charge in [0.25, 0.3) is 0 Å². The van der Waals surface area contributed by atoms with Gasteiger partial charge in [-0.3, -0.25) is 9.80 Å². The molecule has 2 aromatic heterocycles. The van der Waals surface area contributed by atoms with Crippen molar-refractivity contribution < 1.29 is 38.7 Å². The molecule has 0 unspecified atom stereocenters. The second-order valence-electron chi connectivity index (χ2n) is 12.5. The number of hydrogen-bond donors (Lipinski definition) is 2. The number of carbonyl (C=O) groups excluding carboxylic acids is 1. The van der Waals surface area contributed by atoms with E-state index in [0.29, 0.717) is 55.6 Å². The maximum atomic E-state index is 14.0. The van der Waals surface area contributed by atoms with E-state index in [2.05, 4.69) is 4.90 Å². The van der Waals surface area contributed by atoms with Crippen LogP contribution < -0.4 is 19.1 Å². The molecule has 0 spiro atoms. The van der Waals surface area contributed by atoms with Crippen LogP contribution in [0.5, 0.6) is 17.2 Å². The molecule has 3 aliphatic heterocycles. The minimum atomic E-state index is -1.15. The van der Waals surface area contributed by atoms with Gasteiger partial charge < -0.3 is 29.6 Å². The maximum Gasteiger partial charge on any atom is 0.414 e. The number of anilines is 1. The van der Waals surface area contributed by atoms with Crippen LogP contribution in [0.15, 0.2) is 54.9 Å². The Morgan fingerprint density at radius 1 is 1.08 bits per heavy atom. The smallest absolute Gasteiger partial charge is 0.414 e. The second kappa shape index (κ2) is 14.9. The van der Waals surface area contributed by atoms with E-state index in [1.54, 1.807) is 49.4 Å². The molecule has 50 heavy (non-hydrogen) atoms. The number of amides is 1. The number of phenols is 1. The largest absolute Gasteiger partial charge is 0.619 e. The van der Waals surface area contributed by atoms with Crippen LogP contribution in [0.4, 0.5) is 10.5 Å². The van der Waals surface area contributed by atoms with E-state index in [4.69, 9.17) is 37.4 Å². The number of hydrogen-bond acceptors (Lipinski definition) is 9. The zero-order valence-electron chi connectivity index (χ0n) is 27.7. The molecule has 2 atom stereocenters. The van der Waals surface area contributed by atoms with Gasteiger partial charge in [-0.05, 0) is 86.7 Å². The number of halogens is 2. The van der Waals surface area contributed by atoms with Gasteiger partial charge in [0.15, 0.2) is 23.9 Å². The van der Waals surface area contributed by atoms with Crippen LogP contribution in [0.2, 0.25) is 10.0 Å². The van der Waals surface area contributed by atoms with Gasteiger partial charge in [0.2, 0.25) is 0 Å². The molecule has 5 heterocycles. The maximum absolute atomic E-state index is 14.0. The molecule has 3 fully saturated rings. The first-order valence-corrected chi connectivity index (χ1v) is 17.7. The Morgan fingerprint density at radius 2 is 1.78 bits per heavy atom. The average Bonchev–Trinajstić information content (AvgIpc) is 3.52. The standard InChI is InChI=1S/C36H37Cl2N3O8S/c1-20-29(5-4-6-30(20)42)41(36(45)49-33-19-39-11-9-21(33)10-12-39)16-23-14-25(34(50-23)35(43)44)24(15-26-27(37)17-40(46)18-28(26)38)22-7-8-31(47-2)32(13-22)48-3/h4-8,13-14,17-18,21,24,33,42H,9-12,15-16,19H2,1-3H3,(H,43,44)/t24-,33-/m0/s1. The molecule has 264 valence electrons. The fraction of sp³-hybridized carbons (Fsp3) is 0.361. The van der Waals surface area contributed by atoms with Crippen molar-refractivity contribution in [1.29, 1.82) is 0 Å². The van der Waals surface area contributed by atoms with E-state index >= 15 is 0 Å². The van der Waals surface area contributed by atoms with E-state index < -0.39 is 18.0 Å². The average molecular weight is 743 g/mol. The number of aromatic hydroxyl groups is 1. The van der Waals surface area contributed by atoms with E-state index in [-0.39, 0.29) is 45.7 Å². The highest BCUT2D eigenvalue weighted by Gasteiger charge is 2.38. The summed E-state index contributed by atoms with van der Waals surface area (Å²) in [6.07, 6.45) is 3.61. The Morgan fingerprint density at radius 3 is 2.40 bits per heavy atom. The van der Waals surface area contributed by atoms with Crippen LogP contribution in [0.1, 0.15) is 55.6 Å². The Balaban J connectivity index is 1.42. The molecule has 0 radical (unpaired) electrons. The zero-order valence-corrected chi connectivity index (χ0v) is 30.1. The van der Waals surface area contributed by atoms with Crippen molar-refractivity contribution in [2.75, 3.05) is 38.8 Å². The number of methoxy groups -OCH3 is 2. The van der Waals surface area contributed by atoms with Gasteiger partial charge >= 0.3 is 12.1 Å². The van der Waals surface area contributed by atoms with Gasteiger partial charge in [-0.1, -0.05) is 35.3 Å². The first-order valence-electron chi connectivity index (χ1n) is 16.1. The monoisotopic (exact) mass is 741 g/mol. The summed E-state index contributed by atoms with van der Waals surface area (Å²) in [5, 5.41) is 33.4. The van der Waals surface area contributed by atoms with E-state index in [0.717, 1.165) is 37.3 Å². The highest BCUT2D eigenvalue weighted by atomic mass is 35.5. The molecule has 2 aromatic carbocycles. The Labute approximate surface area is 303 Å². The predicted octanol–water partition coefficient (Wildman–Crippen LogP) is 7.03. The second-order valence-corrected chi connectivity index (χ2v) is 14.5. The van der Waals surface area contributed by atoms with Crippen molar-refractivity contribution >= 4 is 52.3 Å². The lowest BCUT2D eigenvalue weighted by molar-refractivity contribution is -0.605. The van der Waals surface area contributed by atoms with Crippen molar-refractivity contribution in [3.05, 3.63) is 102 Å². The van der Waals surface area contributed by atoms with Crippen LogP contribution >= 0.6 is 34.5 Å². The highest BCUT2D eigenvalue weighted by molar-refractivity contribution is 7.14. The van der Waals surface area contributed by atoms with Gasteiger partial charge in [-0.2, -0.15) is 4.73 Å². The number of ether oxygens (including phenoxy) is 3. The summed E-state index contributed by atoms with van der Waals surface area (Å²) >= 11 is 14.1. The molecular weight excluding hydrogens is 705 g/mol. The number of phenolic OH excluding ortho intramolecular Hbond substituents is 1. The first-order chi connectivity index (χ1) is 24.0. The SMILES string of the molecule is COc1ccc([C@H](Cc2c(Cl)c[n+]([O-])cc2Cl)c2cc(CN(C(=O)O[C@H]3CN4CCC3CC4)c3cccc(O)c3C)sc2C(=O)O)cc1OC. The third-order valence-electron chi connectivity index (χ3n) is 9.61. The molecule has 14 heteroatoms. The lowest BCUT2D eigenvalue weighted by Crippen LogP contribution is -2.53. The molecule has 0 saturated carbocycles. The normalized spacial score (nSPS) is 18.8. The number of carboxylic acids is 1. The van der Waals surface area contributed by atoms with E-state index in [9.17, 15) is 25.0 Å². The van der Waals surface area contributed by atoms with E-state index in [1.165, 1.54) is 31.5 Å². The van der Waals surface area contributed by atoms with Crippen molar-refractivity contribution in [2.24, 2.45) is 5.92 Å². The Bertz CT molecular complexity index is 1890. The molecule has 0 aliphatic carbocycles. The van der Waals surface area contributed by atoms with Crippen molar-refractivity contribution in [1.82, 2.24) is 4.90 Å². The number of thiophene rings is 1. The summed E-state index contributed by atoms with van der Waals surface area (Å²) in [4.78, 5) is 31.3. The van der Waals surface area contributed by atoms with Crippen molar-refractivity contribution in [3.63, 3.8) is 0 Å². The van der Waals surface area contributed by atoms with E-state index in [1.807, 2.05) is 0 Å². The van der Waals surface area contributed by atoms with Gasteiger partial charge in [0.05, 0.1) is 26.5 Å². The fourth-order valence-corrected chi connectivity index (χ4v) is 8.56. The molecular formula is C36H37Cl2N3O8S. The number of aromatic carboxylic acids is 1. The third-order valence-corrected chi connectivity index (χ3v) is 11.4. The summed E-state index contributed by atoms with van der Waals surface area (Å²) in [6, 6.07) is 12.0. The zero-order chi connectivity index (χ0) is 35.7. The van der Waals surface area contributed by atoms with Gasteiger partial charge in [0.1, 0.15) is 26.8 Å². The number of aromatic nitrogens is 1. The molecule has 3 saturated heterocycles. The molecule has 1 amide bonds. The van der Waals surface area contributed by atoms with Crippen LogP contribution in [0.25, 0.3) is 0 Å². The number of carboxylic acid groups (broad SMARTS) is 1. The number of fused-ring (bicyclic) bond motifs is 3. The molecule has 3 aliphatic rings. The summed E-state index contributed by atoms with van der Waals surface area (Å²) in [7, 11) is 3.03. The number of piperidine rings is 3. The molecule has 7 rings (SSSR count).